The SMILES string of the molecule is CCCCCCCCCCCCC(COCCOCCOP(=O)(O)O)Oc1cccc2ccccc12. The van der Waals surface area contributed by atoms with Gasteiger partial charge in [0.15, 0.2) is 0 Å². The van der Waals surface area contributed by atoms with E-state index >= 15 is 0 Å². The molecule has 0 amide bonds. The van der Waals surface area contributed by atoms with Crippen molar-refractivity contribution >= 4 is 18.6 Å². The largest absolute Gasteiger partial charge is 0.487 e. The molecule has 0 radical (unpaired) electrons. The van der Waals surface area contributed by atoms with E-state index in [1.165, 1.54) is 57.8 Å². The lowest BCUT2D eigenvalue weighted by Crippen LogP contribution is -2.24. The summed E-state index contributed by atoms with van der Waals surface area (Å²) < 4.78 is 32.6. The monoisotopic (exact) mass is 524 g/mol. The van der Waals surface area contributed by atoms with Crippen molar-refractivity contribution in [3.63, 3.8) is 0 Å². The molecule has 0 fully saturated rings. The molecule has 0 aliphatic heterocycles. The topological polar surface area (TPSA) is 94.5 Å². The maximum atomic E-state index is 10.7. The van der Waals surface area contributed by atoms with Crippen molar-refractivity contribution in [1.29, 1.82) is 0 Å². The van der Waals surface area contributed by atoms with Gasteiger partial charge in [-0.05, 0) is 24.3 Å². The van der Waals surface area contributed by atoms with Gasteiger partial charge >= 0.3 is 7.82 Å². The average Bonchev–Trinajstić information content (AvgIpc) is 2.86. The smallest absolute Gasteiger partial charge is 0.469 e. The zero-order chi connectivity index (χ0) is 25.9. The summed E-state index contributed by atoms with van der Waals surface area (Å²) in [5, 5.41) is 2.25. The quantitative estimate of drug-likeness (QED) is 0.126. The van der Waals surface area contributed by atoms with Crippen molar-refractivity contribution < 1.29 is 33.1 Å². The van der Waals surface area contributed by atoms with Crippen LogP contribution in [0.5, 0.6) is 5.75 Å². The van der Waals surface area contributed by atoms with Gasteiger partial charge in [0.1, 0.15) is 11.9 Å². The van der Waals surface area contributed by atoms with Gasteiger partial charge in [-0.2, -0.15) is 0 Å². The summed E-state index contributed by atoms with van der Waals surface area (Å²) in [5.74, 6) is 0.875. The summed E-state index contributed by atoms with van der Waals surface area (Å²) in [6.07, 6.45) is 13.8. The van der Waals surface area contributed by atoms with E-state index in [1.807, 2.05) is 24.3 Å². The molecule has 36 heavy (non-hydrogen) atoms. The summed E-state index contributed by atoms with van der Waals surface area (Å²) in [7, 11) is -4.45. The Morgan fingerprint density at radius 1 is 0.750 bits per heavy atom. The maximum Gasteiger partial charge on any atom is 0.469 e. The first kappa shape index (κ1) is 30.8. The highest BCUT2D eigenvalue weighted by Gasteiger charge is 2.14. The fraction of sp³-hybridized carbons (Fsp3) is 0.643. The molecule has 2 N–H and O–H groups in total. The van der Waals surface area contributed by atoms with Gasteiger partial charge in [0, 0.05) is 5.39 Å². The highest BCUT2D eigenvalue weighted by atomic mass is 31.2. The summed E-state index contributed by atoms with van der Waals surface area (Å²) >= 11 is 0. The third-order valence-electron chi connectivity index (χ3n) is 6.09. The number of phosphoric acid groups is 1. The van der Waals surface area contributed by atoms with E-state index in [4.69, 9.17) is 24.0 Å². The lowest BCUT2D eigenvalue weighted by Gasteiger charge is -2.20. The second kappa shape index (κ2) is 18.7. The van der Waals surface area contributed by atoms with Crippen LogP contribution in [0.25, 0.3) is 10.8 Å². The molecule has 0 aliphatic carbocycles. The van der Waals surface area contributed by atoms with E-state index in [1.54, 1.807) is 0 Å². The van der Waals surface area contributed by atoms with Crippen LogP contribution in [-0.4, -0.2) is 48.9 Å². The Morgan fingerprint density at radius 2 is 1.36 bits per heavy atom. The molecule has 1 unspecified atom stereocenters. The second-order valence-corrected chi connectivity index (χ2v) is 10.4. The van der Waals surface area contributed by atoms with Gasteiger partial charge in [0.2, 0.25) is 0 Å². The molecule has 204 valence electrons. The van der Waals surface area contributed by atoms with Gasteiger partial charge in [-0.25, -0.2) is 4.57 Å². The molecular weight excluding hydrogens is 479 g/mol. The molecule has 0 aliphatic rings. The van der Waals surface area contributed by atoms with E-state index in [-0.39, 0.29) is 19.3 Å². The predicted octanol–water partition coefficient (Wildman–Crippen LogP) is 7.04. The van der Waals surface area contributed by atoms with E-state index in [0.717, 1.165) is 29.4 Å². The molecule has 2 aromatic carbocycles. The first-order valence-corrected chi connectivity index (χ1v) is 15.0. The Hall–Kier alpha value is -1.47. The van der Waals surface area contributed by atoms with Crippen LogP contribution in [0.4, 0.5) is 0 Å². The number of fused-ring (bicyclic) bond motifs is 1. The average molecular weight is 525 g/mol. The van der Waals surface area contributed by atoms with Crippen molar-refractivity contribution in [2.24, 2.45) is 0 Å². The van der Waals surface area contributed by atoms with Gasteiger partial charge in [-0.3, -0.25) is 4.52 Å². The summed E-state index contributed by atoms with van der Waals surface area (Å²) in [6.45, 7) is 3.36. The van der Waals surface area contributed by atoms with Crippen LogP contribution in [0.1, 0.15) is 77.6 Å². The summed E-state index contributed by atoms with van der Waals surface area (Å²) in [5.41, 5.74) is 0. The van der Waals surface area contributed by atoms with E-state index in [0.29, 0.717) is 19.8 Å². The van der Waals surface area contributed by atoms with Gasteiger partial charge in [-0.15, -0.1) is 0 Å². The van der Waals surface area contributed by atoms with Crippen molar-refractivity contribution in [2.45, 2.75) is 83.7 Å². The Balaban J connectivity index is 1.72. The zero-order valence-electron chi connectivity index (χ0n) is 21.8. The highest BCUT2D eigenvalue weighted by molar-refractivity contribution is 7.46. The highest BCUT2D eigenvalue weighted by Crippen LogP contribution is 2.35. The number of hydrogen-bond acceptors (Lipinski definition) is 5. The number of benzene rings is 2. The molecule has 2 aromatic rings. The summed E-state index contributed by atoms with van der Waals surface area (Å²) in [4.78, 5) is 17.3. The molecule has 0 spiro atoms. The van der Waals surface area contributed by atoms with Crippen LogP contribution < -0.4 is 4.74 Å². The second-order valence-electron chi connectivity index (χ2n) is 9.20. The number of phosphoric ester groups is 1. The normalized spacial score (nSPS) is 12.8. The number of ether oxygens (including phenoxy) is 3. The lowest BCUT2D eigenvalue weighted by molar-refractivity contribution is 0.00254. The van der Waals surface area contributed by atoms with Crippen LogP contribution in [0.3, 0.4) is 0 Å². The van der Waals surface area contributed by atoms with Crippen molar-refractivity contribution in [1.82, 2.24) is 0 Å². The minimum Gasteiger partial charge on any atom is -0.487 e. The first-order chi connectivity index (χ1) is 17.5. The van der Waals surface area contributed by atoms with Crippen LogP contribution in [0, 0.1) is 0 Å². The lowest BCUT2D eigenvalue weighted by atomic mass is 10.0. The fourth-order valence-electron chi connectivity index (χ4n) is 4.16. The first-order valence-electron chi connectivity index (χ1n) is 13.5. The van der Waals surface area contributed by atoms with Gasteiger partial charge in [0.25, 0.3) is 0 Å². The molecular formula is C28H45O7P. The number of unbranched alkanes of at least 4 members (excludes halogenated alkanes) is 9. The van der Waals surface area contributed by atoms with Crippen LogP contribution in [0.15, 0.2) is 42.5 Å². The molecule has 7 nitrogen and oxygen atoms in total. The van der Waals surface area contributed by atoms with E-state index < -0.39 is 7.82 Å². The van der Waals surface area contributed by atoms with E-state index in [9.17, 15) is 4.57 Å². The Labute approximate surface area is 216 Å². The fourth-order valence-corrected chi connectivity index (χ4v) is 4.48. The summed E-state index contributed by atoms with van der Waals surface area (Å²) in [6, 6.07) is 14.3. The molecule has 2 rings (SSSR count). The van der Waals surface area contributed by atoms with Gasteiger partial charge < -0.3 is 24.0 Å². The Morgan fingerprint density at radius 3 is 2.08 bits per heavy atom. The molecule has 0 bridgehead atoms. The predicted molar refractivity (Wildman–Crippen MR) is 144 cm³/mol. The molecule has 0 saturated heterocycles. The number of hydrogen-bond donors (Lipinski definition) is 2. The molecule has 0 aromatic heterocycles. The minimum absolute atomic E-state index is 0.0529. The van der Waals surface area contributed by atoms with Crippen molar-refractivity contribution in [3.05, 3.63) is 42.5 Å². The maximum absolute atomic E-state index is 10.7. The van der Waals surface area contributed by atoms with Crippen LogP contribution in [0.2, 0.25) is 0 Å². The molecule has 8 heteroatoms. The molecule has 1 atom stereocenters. The standard InChI is InChI=1S/C28H45O7P/c1-2-3-4-5-6-7-8-9-10-11-17-26(24-33-21-20-32-22-23-34-36(29,30)31)35-28-19-14-16-25-15-12-13-18-27(25)28/h12-16,18-19,26H,2-11,17,20-24H2,1H3,(H2,29,30,31). The number of rotatable bonds is 22. The Kier molecular flexibility index (Phi) is 16.0. The van der Waals surface area contributed by atoms with Crippen LogP contribution in [-0.2, 0) is 18.6 Å². The third kappa shape index (κ3) is 14.3. The Bertz CT molecular complexity index is 865. The third-order valence-corrected chi connectivity index (χ3v) is 6.60. The van der Waals surface area contributed by atoms with E-state index in [2.05, 4.69) is 29.6 Å². The minimum atomic E-state index is -4.45. The van der Waals surface area contributed by atoms with Gasteiger partial charge in [0.05, 0.1) is 33.0 Å². The van der Waals surface area contributed by atoms with Crippen LogP contribution >= 0.6 is 7.82 Å². The molecule has 0 saturated carbocycles. The van der Waals surface area contributed by atoms with Crippen molar-refractivity contribution in [2.75, 3.05) is 33.0 Å². The zero-order valence-corrected chi connectivity index (χ0v) is 22.7. The van der Waals surface area contributed by atoms with Gasteiger partial charge in [-0.1, -0.05) is 101 Å². The molecule has 0 heterocycles. The van der Waals surface area contributed by atoms with Crippen molar-refractivity contribution in [3.8, 4) is 5.75 Å².